The Morgan fingerprint density at radius 2 is 1.86 bits per heavy atom. The Morgan fingerprint density at radius 3 is 2.57 bits per heavy atom. The molecular weight excluding hydrogens is 596 g/mol. The van der Waals surface area contributed by atoms with Gasteiger partial charge in [0, 0.05) is 27.6 Å². The number of amides is 1. The summed E-state index contributed by atoms with van der Waals surface area (Å²) in [7, 11) is 0. The molecule has 0 spiro atoms. The minimum absolute atomic E-state index is 0.0329. The molecule has 7 nitrogen and oxygen atoms in total. The van der Waals surface area contributed by atoms with Crippen LogP contribution in [0.15, 0.2) is 67.0 Å². The maximum Gasteiger partial charge on any atom is 0.266 e. The summed E-state index contributed by atoms with van der Waals surface area (Å²) >= 11 is -0.670. The Bertz CT molecular complexity index is 1440. The van der Waals surface area contributed by atoms with Gasteiger partial charge in [-0.05, 0) is 59.0 Å². The SMILES string of the molecule is O=C(NC(CF)c1ccc(F)cc1F)c1ccc(I)cc1N(c1cccc2nccnc12)S(=O)O. The van der Waals surface area contributed by atoms with Crippen molar-refractivity contribution in [2.24, 2.45) is 0 Å². The predicted octanol–water partition coefficient (Wildman–Crippen LogP) is 5.23. The number of benzene rings is 3. The maximum atomic E-state index is 14.2. The van der Waals surface area contributed by atoms with E-state index in [1.54, 1.807) is 24.3 Å². The zero-order chi connectivity index (χ0) is 25.1. The molecule has 0 aliphatic heterocycles. The van der Waals surface area contributed by atoms with Crippen LogP contribution in [-0.4, -0.2) is 31.3 Å². The van der Waals surface area contributed by atoms with Crippen LogP contribution in [0.1, 0.15) is 22.0 Å². The van der Waals surface area contributed by atoms with E-state index in [1.165, 1.54) is 24.5 Å². The first kappa shape index (κ1) is 25.0. The Kier molecular flexibility index (Phi) is 7.62. The summed E-state index contributed by atoms with van der Waals surface area (Å²) in [6, 6.07) is 10.5. The summed E-state index contributed by atoms with van der Waals surface area (Å²) in [5, 5.41) is 2.39. The van der Waals surface area contributed by atoms with Gasteiger partial charge in [-0.1, -0.05) is 12.1 Å². The standard InChI is InChI=1S/C23H16F3IN4O3S/c24-12-19(15-6-4-13(25)10-17(15)26)30-23(32)16-7-5-14(27)11-21(16)31(35(33)34)20-3-1-2-18-22(20)29-9-8-28-18/h1-11,19H,12H2,(H,30,32)(H,33,34). The molecule has 0 saturated carbocycles. The highest BCUT2D eigenvalue weighted by Crippen LogP contribution is 2.35. The number of hydrogen-bond donors (Lipinski definition) is 2. The molecule has 2 N–H and O–H groups in total. The second-order valence-corrected chi connectivity index (χ2v) is 9.31. The highest BCUT2D eigenvalue weighted by atomic mass is 127. The van der Waals surface area contributed by atoms with Crippen LogP contribution < -0.4 is 9.62 Å². The molecule has 4 rings (SSSR count). The van der Waals surface area contributed by atoms with E-state index in [1.807, 2.05) is 22.6 Å². The first-order valence-corrected chi connectivity index (χ1v) is 12.2. The van der Waals surface area contributed by atoms with Crippen molar-refractivity contribution in [1.29, 1.82) is 0 Å². The van der Waals surface area contributed by atoms with Crippen LogP contribution >= 0.6 is 22.6 Å². The average Bonchev–Trinajstić information content (AvgIpc) is 2.83. The van der Waals surface area contributed by atoms with Crippen LogP contribution in [0.25, 0.3) is 11.0 Å². The first-order chi connectivity index (χ1) is 16.8. The fourth-order valence-corrected chi connectivity index (χ4v) is 4.63. The fourth-order valence-electron chi connectivity index (χ4n) is 3.52. The zero-order valence-electron chi connectivity index (χ0n) is 17.7. The van der Waals surface area contributed by atoms with Crippen molar-refractivity contribution >= 4 is 62.2 Å². The van der Waals surface area contributed by atoms with Gasteiger partial charge < -0.3 is 5.32 Å². The van der Waals surface area contributed by atoms with Crippen LogP contribution in [0.2, 0.25) is 0 Å². The van der Waals surface area contributed by atoms with Crippen molar-refractivity contribution < 1.29 is 26.7 Å². The van der Waals surface area contributed by atoms with Crippen molar-refractivity contribution in [2.45, 2.75) is 6.04 Å². The molecule has 180 valence electrons. The summed E-state index contributed by atoms with van der Waals surface area (Å²) in [5.41, 5.74) is 0.708. The average molecular weight is 612 g/mol. The van der Waals surface area contributed by atoms with Crippen LogP contribution in [0.4, 0.5) is 24.5 Å². The molecule has 0 radical (unpaired) electrons. The molecule has 1 aromatic heterocycles. The molecule has 0 fully saturated rings. The van der Waals surface area contributed by atoms with Crippen LogP contribution in [-0.2, 0) is 11.3 Å². The van der Waals surface area contributed by atoms with Gasteiger partial charge >= 0.3 is 0 Å². The molecule has 0 bridgehead atoms. The third-order valence-electron chi connectivity index (χ3n) is 5.07. The van der Waals surface area contributed by atoms with Crippen LogP contribution in [0, 0.1) is 15.2 Å². The first-order valence-electron chi connectivity index (χ1n) is 10.0. The summed E-state index contributed by atoms with van der Waals surface area (Å²) in [5.74, 6) is -2.68. The van der Waals surface area contributed by atoms with E-state index in [2.05, 4.69) is 15.3 Å². The number of carbonyl (C=O) groups is 1. The molecule has 0 saturated heterocycles. The van der Waals surface area contributed by atoms with Gasteiger partial charge in [0.25, 0.3) is 17.2 Å². The number of halogens is 4. The lowest BCUT2D eigenvalue weighted by Crippen LogP contribution is -2.32. The van der Waals surface area contributed by atoms with Crippen molar-refractivity contribution in [2.75, 3.05) is 11.0 Å². The number of alkyl halides is 1. The predicted molar refractivity (Wildman–Crippen MR) is 134 cm³/mol. The molecule has 1 amide bonds. The van der Waals surface area contributed by atoms with Gasteiger partial charge in [0.2, 0.25) is 0 Å². The van der Waals surface area contributed by atoms with Gasteiger partial charge in [0.15, 0.2) is 0 Å². The molecule has 2 atom stereocenters. The number of nitrogens with zero attached hydrogens (tertiary/aromatic N) is 3. The van der Waals surface area contributed by atoms with Crippen LogP contribution in [0.5, 0.6) is 0 Å². The molecular formula is C23H16F3IN4O3S. The second-order valence-electron chi connectivity index (χ2n) is 7.23. The molecule has 0 aliphatic rings. The third-order valence-corrected chi connectivity index (χ3v) is 6.45. The van der Waals surface area contributed by atoms with E-state index >= 15 is 0 Å². The minimum Gasteiger partial charge on any atom is -0.342 e. The molecule has 4 aromatic rings. The Balaban J connectivity index is 1.79. The monoisotopic (exact) mass is 612 g/mol. The lowest BCUT2D eigenvalue weighted by molar-refractivity contribution is 0.0929. The lowest BCUT2D eigenvalue weighted by Gasteiger charge is -2.24. The molecule has 2 unspecified atom stereocenters. The van der Waals surface area contributed by atoms with Crippen molar-refractivity contribution in [1.82, 2.24) is 15.3 Å². The smallest absolute Gasteiger partial charge is 0.266 e. The van der Waals surface area contributed by atoms with Crippen molar-refractivity contribution in [3.05, 3.63) is 93.3 Å². The maximum absolute atomic E-state index is 14.2. The number of rotatable bonds is 7. The normalized spacial score (nSPS) is 12.8. The lowest BCUT2D eigenvalue weighted by atomic mass is 10.1. The third kappa shape index (κ3) is 5.28. The van der Waals surface area contributed by atoms with Crippen molar-refractivity contribution in [3.8, 4) is 0 Å². The Labute approximate surface area is 214 Å². The summed E-state index contributed by atoms with van der Waals surface area (Å²) in [6.07, 6.45) is 2.90. The number of carbonyl (C=O) groups excluding carboxylic acids is 1. The number of anilines is 2. The fraction of sp³-hybridized carbons (Fsp3) is 0.0870. The topological polar surface area (TPSA) is 95.4 Å². The largest absolute Gasteiger partial charge is 0.342 e. The highest BCUT2D eigenvalue weighted by molar-refractivity contribution is 14.1. The van der Waals surface area contributed by atoms with E-state index in [9.17, 15) is 26.7 Å². The number of aromatic nitrogens is 2. The molecule has 3 aromatic carbocycles. The van der Waals surface area contributed by atoms with E-state index < -0.39 is 41.5 Å². The van der Waals surface area contributed by atoms with Gasteiger partial charge in [-0.3, -0.25) is 19.3 Å². The van der Waals surface area contributed by atoms with Gasteiger partial charge in [0.05, 0.1) is 28.5 Å². The summed E-state index contributed by atoms with van der Waals surface area (Å²) < 4.78 is 65.7. The van der Waals surface area contributed by atoms with E-state index in [0.29, 0.717) is 20.7 Å². The number of hydrogen-bond acceptors (Lipinski definition) is 4. The Morgan fingerprint density at radius 1 is 1.09 bits per heavy atom. The van der Waals surface area contributed by atoms with Crippen molar-refractivity contribution in [3.63, 3.8) is 0 Å². The van der Waals surface area contributed by atoms with Gasteiger partial charge in [-0.15, -0.1) is 0 Å². The minimum atomic E-state index is -2.65. The van der Waals surface area contributed by atoms with Crippen LogP contribution in [0.3, 0.4) is 0 Å². The summed E-state index contributed by atoms with van der Waals surface area (Å²) in [6.45, 7) is -1.16. The zero-order valence-corrected chi connectivity index (χ0v) is 20.6. The molecule has 12 heteroatoms. The molecule has 0 aliphatic carbocycles. The van der Waals surface area contributed by atoms with E-state index in [-0.39, 0.29) is 22.5 Å². The molecule has 35 heavy (non-hydrogen) atoms. The number of fused-ring (bicyclic) bond motifs is 1. The number of nitrogens with one attached hydrogen (secondary N) is 1. The van der Waals surface area contributed by atoms with Gasteiger partial charge in [0.1, 0.15) is 23.8 Å². The summed E-state index contributed by atoms with van der Waals surface area (Å²) in [4.78, 5) is 21.7. The van der Waals surface area contributed by atoms with Gasteiger partial charge in [-0.25, -0.2) is 21.7 Å². The second kappa shape index (κ2) is 10.7. The van der Waals surface area contributed by atoms with E-state index in [4.69, 9.17) is 0 Å². The highest BCUT2D eigenvalue weighted by Gasteiger charge is 2.27. The molecule has 1 heterocycles. The van der Waals surface area contributed by atoms with Gasteiger partial charge in [-0.2, -0.15) is 0 Å². The quantitative estimate of drug-likeness (QED) is 0.220. The van der Waals surface area contributed by atoms with E-state index in [0.717, 1.165) is 16.4 Å². The number of para-hydroxylation sites is 1. The Hall–Kier alpha value is -3.10.